The van der Waals surface area contributed by atoms with Gasteiger partial charge in [0.2, 0.25) is 0 Å². The molecule has 1 aliphatic carbocycles. The third-order valence-electron chi connectivity index (χ3n) is 7.11. The molecule has 0 saturated heterocycles. The summed E-state index contributed by atoms with van der Waals surface area (Å²) in [5.74, 6) is 0.392. The summed E-state index contributed by atoms with van der Waals surface area (Å²) < 4.78 is 0. The summed E-state index contributed by atoms with van der Waals surface area (Å²) in [7, 11) is 0. The molecule has 1 fully saturated rings. The van der Waals surface area contributed by atoms with Crippen LogP contribution in [0.5, 0.6) is 0 Å². The van der Waals surface area contributed by atoms with Gasteiger partial charge >= 0.3 is 0 Å². The fraction of sp³-hybridized carbons (Fsp3) is 0.310. The lowest BCUT2D eigenvalue weighted by Crippen LogP contribution is -2.41. The topological polar surface area (TPSA) is 49.4 Å². The lowest BCUT2D eigenvalue weighted by atomic mass is 9.86. The molecule has 1 N–H and O–H groups in total. The van der Waals surface area contributed by atoms with E-state index in [0.29, 0.717) is 23.6 Å². The minimum atomic E-state index is -0.0587. The first kappa shape index (κ1) is 22.7. The highest BCUT2D eigenvalue weighted by Gasteiger charge is 2.29. The van der Waals surface area contributed by atoms with Gasteiger partial charge in [-0.15, -0.1) is 0 Å². The van der Waals surface area contributed by atoms with Crippen LogP contribution < -0.4 is 10.2 Å². The van der Waals surface area contributed by atoms with Gasteiger partial charge in [0.15, 0.2) is 0 Å². The van der Waals surface area contributed by atoms with Crippen molar-refractivity contribution in [3.63, 3.8) is 0 Å². The molecule has 3 aromatic rings. The fourth-order valence-corrected chi connectivity index (χ4v) is 6.02. The Kier molecular flexibility index (Phi) is 6.46. The van der Waals surface area contributed by atoms with Gasteiger partial charge in [0.1, 0.15) is 0 Å². The summed E-state index contributed by atoms with van der Waals surface area (Å²) in [6.45, 7) is 4.74. The number of fused-ring (bicyclic) bond motifs is 2. The number of amides is 2. The van der Waals surface area contributed by atoms with Crippen molar-refractivity contribution in [1.29, 1.82) is 0 Å². The summed E-state index contributed by atoms with van der Waals surface area (Å²) in [6, 6.07) is 21.9. The number of rotatable bonds is 4. The molecule has 3 aromatic carbocycles. The summed E-state index contributed by atoms with van der Waals surface area (Å²) in [6.07, 6.45) is 4.58. The molecular weight excluding hydrogens is 440 g/mol. The van der Waals surface area contributed by atoms with Crippen LogP contribution in [0.15, 0.2) is 76.5 Å². The maximum Gasteiger partial charge on any atom is 0.259 e. The van der Waals surface area contributed by atoms with E-state index in [0.717, 1.165) is 45.9 Å². The van der Waals surface area contributed by atoms with Crippen LogP contribution in [0, 0.1) is 12.8 Å². The van der Waals surface area contributed by atoms with E-state index in [2.05, 4.69) is 31.3 Å². The molecule has 34 heavy (non-hydrogen) atoms. The predicted octanol–water partition coefficient (Wildman–Crippen LogP) is 6.62. The second kappa shape index (κ2) is 9.67. The lowest BCUT2D eigenvalue weighted by Gasteiger charge is -2.29. The highest BCUT2D eigenvalue weighted by atomic mass is 32.2. The van der Waals surface area contributed by atoms with Crippen LogP contribution in [0.4, 0.5) is 5.69 Å². The molecule has 0 spiro atoms. The first-order chi connectivity index (χ1) is 16.5. The molecule has 2 atom stereocenters. The maximum absolute atomic E-state index is 13.8. The van der Waals surface area contributed by atoms with Crippen molar-refractivity contribution in [1.82, 2.24) is 5.32 Å². The van der Waals surface area contributed by atoms with E-state index >= 15 is 0 Å². The number of carbonyl (C=O) groups excluding carboxylic acids is 2. The van der Waals surface area contributed by atoms with Gasteiger partial charge in [0.05, 0.1) is 17.8 Å². The smallest absolute Gasteiger partial charge is 0.259 e. The number of nitrogens with one attached hydrogen (secondary N) is 1. The molecule has 2 aliphatic rings. The van der Waals surface area contributed by atoms with Gasteiger partial charge in [-0.25, -0.2) is 0 Å². The Balaban J connectivity index is 1.53. The van der Waals surface area contributed by atoms with E-state index in [1.165, 1.54) is 6.42 Å². The Labute approximate surface area is 205 Å². The third kappa shape index (κ3) is 4.49. The van der Waals surface area contributed by atoms with E-state index < -0.39 is 0 Å². The molecule has 2 unspecified atom stereocenters. The largest absolute Gasteiger partial charge is 0.349 e. The molecule has 0 aromatic heterocycles. The van der Waals surface area contributed by atoms with Crippen LogP contribution in [0.2, 0.25) is 0 Å². The number of anilines is 1. The van der Waals surface area contributed by atoms with Crippen LogP contribution in [0.25, 0.3) is 0 Å². The zero-order valence-corrected chi connectivity index (χ0v) is 20.5. The lowest BCUT2D eigenvalue weighted by molar-refractivity contribution is 0.0908. The van der Waals surface area contributed by atoms with Gasteiger partial charge in [0.25, 0.3) is 11.8 Å². The molecule has 0 bridgehead atoms. The van der Waals surface area contributed by atoms with Crippen LogP contribution >= 0.6 is 11.8 Å². The minimum Gasteiger partial charge on any atom is -0.349 e. The molecule has 1 aliphatic heterocycles. The quantitative estimate of drug-likeness (QED) is 0.466. The summed E-state index contributed by atoms with van der Waals surface area (Å²) in [5.41, 5.74) is 4.32. The number of nitrogens with zero attached hydrogens (tertiary/aromatic N) is 1. The maximum atomic E-state index is 13.8. The van der Waals surface area contributed by atoms with Crippen molar-refractivity contribution in [2.45, 2.75) is 61.9 Å². The zero-order chi connectivity index (χ0) is 23.7. The zero-order valence-electron chi connectivity index (χ0n) is 19.7. The molecule has 1 saturated carbocycles. The second-order valence-electron chi connectivity index (χ2n) is 9.44. The Hall–Kier alpha value is -3.05. The van der Waals surface area contributed by atoms with Crippen LogP contribution in [0.3, 0.4) is 0 Å². The Morgan fingerprint density at radius 2 is 1.76 bits per heavy atom. The van der Waals surface area contributed by atoms with Crippen molar-refractivity contribution >= 4 is 29.3 Å². The predicted molar refractivity (Wildman–Crippen MR) is 138 cm³/mol. The van der Waals surface area contributed by atoms with E-state index in [1.54, 1.807) is 11.8 Å². The molecule has 5 rings (SSSR count). The number of aryl methyl sites for hydroxylation is 1. The summed E-state index contributed by atoms with van der Waals surface area (Å²) >= 11 is 1.59. The summed E-state index contributed by atoms with van der Waals surface area (Å²) in [4.78, 5) is 30.7. The van der Waals surface area contributed by atoms with Gasteiger partial charge in [-0.3, -0.25) is 9.59 Å². The molecule has 5 heteroatoms. The molecule has 2 amide bonds. The standard InChI is InChI=1S/C29H30N2O2S/c1-19-9-3-5-11-22(19)18-31-25-17-21(28(32)30-24-13-7-4-10-20(24)2)15-16-27(25)34-26-14-8-6-12-23(26)29(31)33/h3,5-6,8-9,11-12,14-17,20,24H,4,7,10,13,18H2,1-2H3,(H,30,32). The SMILES string of the molecule is Cc1ccccc1CN1C(=O)c2ccccc2Sc2ccc(C(=O)NC3CCCCC3C)cc21. The molecule has 4 nitrogen and oxygen atoms in total. The molecule has 0 radical (unpaired) electrons. The molecular formula is C29H30N2O2S. The average molecular weight is 471 g/mol. The van der Waals surface area contributed by atoms with Crippen molar-refractivity contribution in [2.75, 3.05) is 4.90 Å². The highest BCUT2D eigenvalue weighted by molar-refractivity contribution is 7.99. The van der Waals surface area contributed by atoms with Crippen molar-refractivity contribution < 1.29 is 9.59 Å². The van der Waals surface area contributed by atoms with E-state index in [9.17, 15) is 9.59 Å². The molecule has 174 valence electrons. The number of hydrogen-bond acceptors (Lipinski definition) is 3. The second-order valence-corrected chi connectivity index (χ2v) is 10.5. The van der Waals surface area contributed by atoms with Crippen molar-refractivity contribution in [3.8, 4) is 0 Å². The number of carbonyl (C=O) groups is 2. The first-order valence-corrected chi connectivity index (χ1v) is 12.9. The number of benzene rings is 3. The Morgan fingerprint density at radius 3 is 2.59 bits per heavy atom. The third-order valence-corrected chi connectivity index (χ3v) is 8.25. The fourth-order valence-electron chi connectivity index (χ4n) is 4.96. The van der Waals surface area contributed by atoms with Gasteiger partial charge in [-0.2, -0.15) is 0 Å². The number of hydrogen-bond donors (Lipinski definition) is 1. The van der Waals surface area contributed by atoms with Crippen LogP contribution in [0.1, 0.15) is 64.4 Å². The average Bonchev–Trinajstić information content (AvgIpc) is 2.96. The molecule has 1 heterocycles. The van der Waals surface area contributed by atoms with Gasteiger partial charge in [-0.1, -0.05) is 67.9 Å². The Bertz CT molecular complexity index is 1240. The summed E-state index contributed by atoms with van der Waals surface area (Å²) in [5, 5.41) is 3.26. The Morgan fingerprint density at radius 1 is 1.00 bits per heavy atom. The van der Waals surface area contributed by atoms with E-state index in [4.69, 9.17) is 0 Å². The van der Waals surface area contributed by atoms with Gasteiger partial charge in [-0.05, 0) is 67.1 Å². The van der Waals surface area contributed by atoms with Crippen molar-refractivity contribution in [2.24, 2.45) is 5.92 Å². The van der Waals surface area contributed by atoms with Crippen LogP contribution in [-0.2, 0) is 6.54 Å². The normalized spacial score (nSPS) is 19.7. The van der Waals surface area contributed by atoms with E-state index in [1.807, 2.05) is 59.5 Å². The van der Waals surface area contributed by atoms with Gasteiger partial charge in [0, 0.05) is 21.4 Å². The monoisotopic (exact) mass is 470 g/mol. The highest BCUT2D eigenvalue weighted by Crippen LogP contribution is 2.42. The first-order valence-electron chi connectivity index (χ1n) is 12.1. The van der Waals surface area contributed by atoms with Gasteiger partial charge < -0.3 is 10.2 Å². The minimum absolute atomic E-state index is 0.0384. The van der Waals surface area contributed by atoms with Crippen LogP contribution in [-0.4, -0.2) is 17.9 Å². The van der Waals surface area contributed by atoms with Crippen molar-refractivity contribution in [3.05, 3.63) is 89.0 Å². The van der Waals surface area contributed by atoms with E-state index in [-0.39, 0.29) is 17.9 Å².